The summed E-state index contributed by atoms with van der Waals surface area (Å²) in [5, 5.41) is 0. The Morgan fingerprint density at radius 2 is 1.90 bits per heavy atom. The molecule has 2 unspecified atom stereocenters. The van der Waals surface area contributed by atoms with Crippen molar-refractivity contribution in [3.8, 4) is 0 Å². The van der Waals surface area contributed by atoms with Gasteiger partial charge in [0.1, 0.15) is 0 Å². The molecule has 1 rings (SSSR count). The Bertz CT molecular complexity index is 164. The highest BCUT2D eigenvalue weighted by atomic mass is 14.4. The van der Waals surface area contributed by atoms with Crippen LogP contribution in [0.25, 0.3) is 0 Å². The van der Waals surface area contributed by atoms with E-state index in [9.17, 15) is 0 Å². The van der Waals surface area contributed by atoms with Crippen molar-refractivity contribution < 1.29 is 0 Å². The molecule has 0 aromatic rings. The van der Waals surface area contributed by atoms with E-state index >= 15 is 0 Å². The molecule has 1 aliphatic carbocycles. The van der Waals surface area contributed by atoms with Gasteiger partial charge >= 0.3 is 0 Å². The zero-order chi connectivity index (χ0) is 7.72. The highest BCUT2D eigenvalue weighted by molar-refractivity contribution is 5.08. The van der Waals surface area contributed by atoms with Gasteiger partial charge in [-0.3, -0.25) is 0 Å². The minimum absolute atomic E-state index is 0.775. The van der Waals surface area contributed by atoms with Crippen LogP contribution < -0.4 is 0 Å². The molecule has 0 bridgehead atoms. The van der Waals surface area contributed by atoms with Gasteiger partial charge in [-0.2, -0.15) is 0 Å². The van der Waals surface area contributed by atoms with Gasteiger partial charge in [-0.1, -0.05) is 20.4 Å². The third-order valence-corrected chi connectivity index (χ3v) is 2.75. The second-order valence-corrected chi connectivity index (χ2v) is 3.58. The van der Waals surface area contributed by atoms with Gasteiger partial charge in [0.25, 0.3) is 0 Å². The Labute approximate surface area is 63.6 Å². The van der Waals surface area contributed by atoms with Crippen LogP contribution in [-0.4, -0.2) is 0 Å². The third kappa shape index (κ3) is 1.04. The Morgan fingerprint density at radius 3 is 2.10 bits per heavy atom. The molecule has 1 fully saturated rings. The SMILES string of the molecule is C=C=C(C)C1C(C)CC1C. The summed E-state index contributed by atoms with van der Waals surface area (Å²) in [6, 6.07) is 0. The van der Waals surface area contributed by atoms with Gasteiger partial charge in [-0.05, 0) is 36.7 Å². The van der Waals surface area contributed by atoms with Crippen molar-refractivity contribution in [1.82, 2.24) is 0 Å². The molecule has 1 saturated carbocycles. The van der Waals surface area contributed by atoms with Crippen LogP contribution in [0, 0.1) is 17.8 Å². The maximum absolute atomic E-state index is 3.67. The summed E-state index contributed by atoms with van der Waals surface area (Å²) in [4.78, 5) is 0. The predicted molar refractivity (Wildman–Crippen MR) is 44.8 cm³/mol. The maximum Gasteiger partial charge on any atom is -0.00785 e. The molecule has 56 valence electrons. The Balaban J connectivity index is 2.64. The fraction of sp³-hybridized carbons (Fsp3) is 0.700. The second-order valence-electron chi connectivity index (χ2n) is 3.58. The van der Waals surface area contributed by atoms with E-state index < -0.39 is 0 Å². The second kappa shape index (κ2) is 2.64. The van der Waals surface area contributed by atoms with E-state index in [-0.39, 0.29) is 0 Å². The fourth-order valence-electron chi connectivity index (χ4n) is 2.22. The van der Waals surface area contributed by atoms with E-state index in [0.29, 0.717) is 0 Å². The number of hydrogen-bond donors (Lipinski definition) is 0. The smallest absolute Gasteiger partial charge is 0.00785 e. The summed E-state index contributed by atoms with van der Waals surface area (Å²) < 4.78 is 0. The summed E-state index contributed by atoms with van der Waals surface area (Å²) in [6.07, 6.45) is 1.38. The summed E-state index contributed by atoms with van der Waals surface area (Å²) in [5.41, 5.74) is 4.35. The first-order chi connectivity index (χ1) is 4.66. The first-order valence-corrected chi connectivity index (χ1v) is 4.03. The van der Waals surface area contributed by atoms with Crippen LogP contribution in [0.5, 0.6) is 0 Å². The van der Waals surface area contributed by atoms with Crippen molar-refractivity contribution in [3.63, 3.8) is 0 Å². The van der Waals surface area contributed by atoms with Gasteiger partial charge in [0.05, 0.1) is 0 Å². The molecule has 0 saturated heterocycles. The van der Waals surface area contributed by atoms with Crippen molar-refractivity contribution in [2.45, 2.75) is 27.2 Å². The van der Waals surface area contributed by atoms with Gasteiger partial charge in [-0.25, -0.2) is 0 Å². The molecule has 0 aliphatic heterocycles. The molecular formula is C10H16. The van der Waals surface area contributed by atoms with E-state index in [1.165, 1.54) is 12.0 Å². The molecule has 0 amide bonds. The topological polar surface area (TPSA) is 0 Å². The van der Waals surface area contributed by atoms with E-state index in [4.69, 9.17) is 0 Å². The molecule has 1 aliphatic rings. The van der Waals surface area contributed by atoms with Gasteiger partial charge in [0, 0.05) is 0 Å². The van der Waals surface area contributed by atoms with E-state index in [1.807, 2.05) is 0 Å². The fourth-order valence-corrected chi connectivity index (χ4v) is 2.22. The van der Waals surface area contributed by atoms with Crippen LogP contribution in [0.3, 0.4) is 0 Å². The average Bonchev–Trinajstić information content (AvgIpc) is 1.87. The Kier molecular flexibility index (Phi) is 2.01. The molecule has 10 heavy (non-hydrogen) atoms. The quantitative estimate of drug-likeness (QED) is 0.486. The largest absolute Gasteiger partial charge is 0.130 e. The zero-order valence-corrected chi connectivity index (χ0v) is 7.15. The standard InChI is InChI=1S/C10H16/c1-5-7(2)10-8(3)6-9(10)4/h8-10H,1,6H2,2-4H3. The number of hydrogen-bond acceptors (Lipinski definition) is 0. The minimum atomic E-state index is 0.775. The molecule has 0 heterocycles. The summed E-state index contributed by atoms with van der Waals surface area (Å²) in [5.74, 6) is 2.51. The highest BCUT2D eigenvalue weighted by Crippen LogP contribution is 2.43. The molecule has 0 aromatic carbocycles. The summed E-state index contributed by atoms with van der Waals surface area (Å²) in [7, 11) is 0. The lowest BCUT2D eigenvalue weighted by molar-refractivity contribution is 0.137. The summed E-state index contributed by atoms with van der Waals surface area (Å²) in [6.45, 7) is 10.4. The molecule has 0 aromatic heterocycles. The van der Waals surface area contributed by atoms with Crippen molar-refractivity contribution in [2.24, 2.45) is 17.8 Å². The third-order valence-electron chi connectivity index (χ3n) is 2.75. The van der Waals surface area contributed by atoms with E-state index in [2.05, 4.69) is 33.1 Å². The first kappa shape index (κ1) is 7.63. The van der Waals surface area contributed by atoms with Crippen LogP contribution in [0.2, 0.25) is 0 Å². The van der Waals surface area contributed by atoms with Crippen molar-refractivity contribution in [2.75, 3.05) is 0 Å². The predicted octanol–water partition coefficient (Wildman–Crippen LogP) is 3.01. The number of allylic oxidation sites excluding steroid dienone is 1. The lowest BCUT2D eigenvalue weighted by Gasteiger charge is -2.41. The van der Waals surface area contributed by atoms with Crippen molar-refractivity contribution >= 4 is 0 Å². The molecule has 0 nitrogen and oxygen atoms in total. The van der Waals surface area contributed by atoms with Crippen molar-refractivity contribution in [1.29, 1.82) is 0 Å². The number of rotatable bonds is 1. The lowest BCUT2D eigenvalue weighted by atomic mass is 9.64. The Morgan fingerprint density at radius 1 is 1.40 bits per heavy atom. The van der Waals surface area contributed by atoms with Crippen LogP contribution in [0.1, 0.15) is 27.2 Å². The minimum Gasteiger partial charge on any atom is -0.130 e. The van der Waals surface area contributed by atoms with Crippen LogP contribution in [0.15, 0.2) is 17.9 Å². The molecule has 0 heteroatoms. The molecule has 2 atom stereocenters. The molecular weight excluding hydrogens is 120 g/mol. The van der Waals surface area contributed by atoms with Crippen LogP contribution >= 0.6 is 0 Å². The van der Waals surface area contributed by atoms with Gasteiger partial charge in [0.2, 0.25) is 0 Å². The van der Waals surface area contributed by atoms with Gasteiger partial charge in [0.15, 0.2) is 0 Å². The van der Waals surface area contributed by atoms with Crippen LogP contribution in [-0.2, 0) is 0 Å². The van der Waals surface area contributed by atoms with Crippen molar-refractivity contribution in [3.05, 3.63) is 17.9 Å². The first-order valence-electron chi connectivity index (χ1n) is 4.03. The van der Waals surface area contributed by atoms with Gasteiger partial charge < -0.3 is 0 Å². The molecule has 0 radical (unpaired) electrons. The summed E-state index contributed by atoms with van der Waals surface area (Å²) >= 11 is 0. The maximum atomic E-state index is 3.67. The van der Waals surface area contributed by atoms with Gasteiger partial charge in [-0.15, -0.1) is 5.73 Å². The lowest BCUT2D eigenvalue weighted by Crippen LogP contribution is -2.33. The normalized spacial score (nSPS) is 38.1. The molecule has 0 spiro atoms. The average molecular weight is 136 g/mol. The van der Waals surface area contributed by atoms with E-state index in [0.717, 1.165) is 17.8 Å². The van der Waals surface area contributed by atoms with E-state index in [1.54, 1.807) is 0 Å². The van der Waals surface area contributed by atoms with Crippen LogP contribution in [0.4, 0.5) is 0 Å². The monoisotopic (exact) mass is 136 g/mol. The zero-order valence-electron chi connectivity index (χ0n) is 7.15. The highest BCUT2D eigenvalue weighted by Gasteiger charge is 2.35. The Hall–Kier alpha value is -0.480. The molecule has 0 N–H and O–H groups in total.